The molecule has 1 fully saturated rings. The Kier molecular flexibility index (Phi) is 6.56. The number of carboxylic acid groups (broad SMARTS) is 1. The van der Waals surface area contributed by atoms with Crippen molar-refractivity contribution < 1.29 is 19.4 Å². The van der Waals surface area contributed by atoms with Gasteiger partial charge in [-0.3, -0.25) is 9.67 Å². The minimum absolute atomic E-state index is 0.0184. The minimum atomic E-state index is -0.984. The van der Waals surface area contributed by atoms with Gasteiger partial charge in [0.25, 0.3) is 0 Å². The van der Waals surface area contributed by atoms with Crippen LogP contribution < -0.4 is 14.8 Å². The SMILES string of the molecule is Cn1cc(-c2ccc(Oc3ccc(C(C)(C)c4ccc(OC5CC(NC(=O)O)C5)cc4)cc3)cn2)cn1. The van der Waals surface area contributed by atoms with E-state index in [1.807, 2.05) is 49.6 Å². The first kappa shape index (κ1) is 24.4. The van der Waals surface area contributed by atoms with E-state index in [4.69, 9.17) is 14.6 Å². The van der Waals surface area contributed by atoms with Gasteiger partial charge in [-0.25, -0.2) is 4.79 Å². The summed E-state index contributed by atoms with van der Waals surface area (Å²) in [4.78, 5) is 15.2. The molecule has 1 aliphatic carbocycles. The Bertz CT molecular complexity index is 1360. The van der Waals surface area contributed by atoms with Crippen LogP contribution in [0.5, 0.6) is 17.2 Å². The molecule has 8 heteroatoms. The number of nitrogens with zero attached hydrogens (tertiary/aromatic N) is 3. The zero-order valence-corrected chi connectivity index (χ0v) is 21.1. The van der Waals surface area contributed by atoms with E-state index < -0.39 is 6.09 Å². The Morgan fingerprint density at radius 2 is 1.57 bits per heavy atom. The Morgan fingerprint density at radius 1 is 0.946 bits per heavy atom. The topological polar surface area (TPSA) is 98.5 Å². The second kappa shape index (κ2) is 9.97. The van der Waals surface area contributed by atoms with Crippen LogP contribution in [0.2, 0.25) is 0 Å². The van der Waals surface area contributed by atoms with Crippen molar-refractivity contribution in [2.75, 3.05) is 0 Å². The van der Waals surface area contributed by atoms with Crippen LogP contribution in [0.3, 0.4) is 0 Å². The molecule has 2 aromatic heterocycles. The number of benzene rings is 2. The molecule has 2 heterocycles. The van der Waals surface area contributed by atoms with E-state index in [0.717, 1.165) is 22.8 Å². The fourth-order valence-electron chi connectivity index (χ4n) is 4.50. The molecule has 0 atom stereocenters. The number of hydrogen-bond acceptors (Lipinski definition) is 5. The first-order valence-corrected chi connectivity index (χ1v) is 12.3. The molecular formula is C29H30N4O4. The van der Waals surface area contributed by atoms with Gasteiger partial charge in [0, 0.05) is 43.1 Å². The molecule has 0 radical (unpaired) electrons. The summed E-state index contributed by atoms with van der Waals surface area (Å²) < 4.78 is 13.7. The van der Waals surface area contributed by atoms with Gasteiger partial charge in [0.15, 0.2) is 0 Å². The van der Waals surface area contributed by atoms with Crippen LogP contribution in [0.4, 0.5) is 4.79 Å². The van der Waals surface area contributed by atoms with Crippen LogP contribution in [0.25, 0.3) is 11.3 Å². The van der Waals surface area contributed by atoms with E-state index in [1.165, 1.54) is 11.1 Å². The number of aromatic nitrogens is 3. The van der Waals surface area contributed by atoms with E-state index in [2.05, 4.69) is 53.5 Å². The Labute approximate surface area is 215 Å². The Hall–Kier alpha value is -4.33. The molecule has 0 spiro atoms. The van der Waals surface area contributed by atoms with Gasteiger partial charge in [0.05, 0.1) is 18.1 Å². The normalized spacial score (nSPS) is 17.1. The molecule has 0 bridgehead atoms. The molecule has 0 unspecified atom stereocenters. The standard InChI is InChI=1S/C29H30N4O4/c1-29(2,21-6-10-24(11-7-21)37-26-14-22(15-26)32-28(34)35)20-4-8-23(9-5-20)36-25-12-13-27(30-17-25)19-16-31-33(3)18-19/h4-13,16-18,22,26,32H,14-15H2,1-3H3,(H,34,35). The van der Waals surface area contributed by atoms with Crippen molar-refractivity contribution in [1.82, 2.24) is 20.1 Å². The lowest BCUT2D eigenvalue weighted by molar-refractivity contribution is 0.0833. The van der Waals surface area contributed by atoms with E-state index in [9.17, 15) is 4.79 Å². The molecule has 1 saturated carbocycles. The van der Waals surface area contributed by atoms with Gasteiger partial charge in [-0.05, 0) is 47.5 Å². The van der Waals surface area contributed by atoms with Gasteiger partial charge >= 0.3 is 6.09 Å². The van der Waals surface area contributed by atoms with Crippen LogP contribution in [0.1, 0.15) is 37.8 Å². The van der Waals surface area contributed by atoms with Gasteiger partial charge in [-0.15, -0.1) is 0 Å². The summed E-state index contributed by atoms with van der Waals surface area (Å²) in [5.41, 5.74) is 3.94. The highest BCUT2D eigenvalue weighted by Crippen LogP contribution is 2.35. The summed E-state index contributed by atoms with van der Waals surface area (Å²) in [6.07, 6.45) is 5.88. The fourth-order valence-corrected chi connectivity index (χ4v) is 4.50. The van der Waals surface area contributed by atoms with Gasteiger partial charge < -0.3 is 19.9 Å². The molecule has 5 rings (SSSR count). The van der Waals surface area contributed by atoms with Gasteiger partial charge in [-0.1, -0.05) is 38.1 Å². The summed E-state index contributed by atoms with van der Waals surface area (Å²) in [7, 11) is 1.88. The lowest BCUT2D eigenvalue weighted by Crippen LogP contribution is -2.48. The Balaban J connectivity index is 1.19. The van der Waals surface area contributed by atoms with E-state index in [1.54, 1.807) is 17.1 Å². The van der Waals surface area contributed by atoms with Crippen LogP contribution >= 0.6 is 0 Å². The molecule has 0 aliphatic heterocycles. The first-order chi connectivity index (χ1) is 17.8. The third-order valence-corrected chi connectivity index (χ3v) is 6.85. The second-order valence-corrected chi connectivity index (χ2v) is 9.92. The van der Waals surface area contributed by atoms with Crippen molar-refractivity contribution >= 4 is 6.09 Å². The van der Waals surface area contributed by atoms with Crippen molar-refractivity contribution in [3.8, 4) is 28.5 Å². The highest BCUT2D eigenvalue weighted by atomic mass is 16.5. The largest absolute Gasteiger partial charge is 0.490 e. The summed E-state index contributed by atoms with van der Waals surface area (Å²) in [6.45, 7) is 4.38. The number of ether oxygens (including phenoxy) is 2. The summed E-state index contributed by atoms with van der Waals surface area (Å²) >= 11 is 0. The molecule has 1 aliphatic rings. The molecule has 2 N–H and O–H groups in total. The Morgan fingerprint density at radius 3 is 2.11 bits per heavy atom. The van der Waals surface area contributed by atoms with Crippen molar-refractivity contribution in [2.24, 2.45) is 7.05 Å². The summed E-state index contributed by atoms with van der Waals surface area (Å²) in [6, 6.07) is 20.1. The maximum absolute atomic E-state index is 10.7. The third-order valence-electron chi connectivity index (χ3n) is 6.85. The fraction of sp³-hybridized carbons (Fsp3) is 0.276. The predicted octanol–water partition coefficient (Wildman–Crippen LogP) is 5.78. The van der Waals surface area contributed by atoms with Gasteiger partial charge in [-0.2, -0.15) is 5.10 Å². The average Bonchev–Trinajstić information content (AvgIpc) is 3.30. The number of hydrogen-bond donors (Lipinski definition) is 2. The zero-order chi connectivity index (χ0) is 26.0. The smallest absolute Gasteiger partial charge is 0.404 e. The van der Waals surface area contributed by atoms with Crippen molar-refractivity contribution in [3.63, 3.8) is 0 Å². The van der Waals surface area contributed by atoms with E-state index >= 15 is 0 Å². The van der Waals surface area contributed by atoms with Gasteiger partial charge in [0.2, 0.25) is 0 Å². The molecule has 2 aromatic carbocycles. The third kappa shape index (κ3) is 5.58. The lowest BCUT2D eigenvalue weighted by atomic mass is 9.78. The van der Waals surface area contributed by atoms with Gasteiger partial charge in [0.1, 0.15) is 23.4 Å². The lowest BCUT2D eigenvalue weighted by Gasteiger charge is -2.35. The highest BCUT2D eigenvalue weighted by Gasteiger charge is 2.32. The molecule has 190 valence electrons. The summed E-state index contributed by atoms with van der Waals surface area (Å²) in [5.74, 6) is 2.22. The van der Waals surface area contributed by atoms with Crippen molar-refractivity contribution in [1.29, 1.82) is 0 Å². The maximum atomic E-state index is 10.7. The molecular weight excluding hydrogens is 468 g/mol. The van der Waals surface area contributed by atoms with Crippen molar-refractivity contribution in [2.45, 2.75) is 44.2 Å². The van der Waals surface area contributed by atoms with Crippen molar-refractivity contribution in [3.05, 3.63) is 90.4 Å². The van der Waals surface area contributed by atoms with Crippen LogP contribution in [0.15, 0.2) is 79.3 Å². The molecule has 8 nitrogen and oxygen atoms in total. The highest BCUT2D eigenvalue weighted by molar-refractivity contribution is 5.65. The molecule has 1 amide bonds. The number of rotatable bonds is 8. The quantitative estimate of drug-likeness (QED) is 0.320. The number of nitrogens with one attached hydrogen (secondary N) is 1. The molecule has 37 heavy (non-hydrogen) atoms. The number of carbonyl (C=O) groups is 1. The number of aryl methyl sites for hydroxylation is 1. The minimum Gasteiger partial charge on any atom is -0.490 e. The predicted molar refractivity (Wildman–Crippen MR) is 140 cm³/mol. The van der Waals surface area contributed by atoms with E-state index in [-0.39, 0.29) is 17.6 Å². The second-order valence-electron chi connectivity index (χ2n) is 9.92. The van der Waals surface area contributed by atoms with Crippen LogP contribution in [-0.4, -0.2) is 38.1 Å². The average molecular weight is 499 g/mol. The molecule has 0 saturated heterocycles. The van der Waals surface area contributed by atoms with Crippen LogP contribution in [-0.2, 0) is 12.5 Å². The van der Waals surface area contributed by atoms with Crippen LogP contribution in [0, 0.1) is 0 Å². The van der Waals surface area contributed by atoms with E-state index in [0.29, 0.717) is 18.6 Å². The number of pyridine rings is 1. The summed E-state index contributed by atoms with van der Waals surface area (Å²) in [5, 5.41) is 15.5. The molecule has 4 aromatic rings. The zero-order valence-electron chi connectivity index (χ0n) is 21.1. The monoisotopic (exact) mass is 498 g/mol. The number of amides is 1. The maximum Gasteiger partial charge on any atom is 0.404 e. The first-order valence-electron chi connectivity index (χ1n) is 12.3.